The first-order valence-electron chi connectivity index (χ1n) is 5.98. The van der Waals surface area contributed by atoms with Gasteiger partial charge in [0.1, 0.15) is 16.1 Å². The number of nitrogens with zero attached hydrogens (tertiary/aromatic N) is 1. The lowest BCUT2D eigenvalue weighted by molar-refractivity contribution is -0.143. The van der Waals surface area contributed by atoms with Crippen LogP contribution in [0.4, 0.5) is 0 Å². The monoisotopic (exact) mass is 320 g/mol. The summed E-state index contributed by atoms with van der Waals surface area (Å²) in [5, 5.41) is -0.145. The molecule has 1 atom stereocenters. The Balaban J connectivity index is 3.03. The number of esters is 1. The third-order valence-electron chi connectivity index (χ3n) is 2.50. The number of pyridine rings is 1. The molecule has 8 heteroatoms. The number of nitrogens with one attached hydrogen (secondary N) is 1. The van der Waals surface area contributed by atoms with E-state index in [0.717, 1.165) is 0 Å². The Kier molecular flexibility index (Phi) is 5.91. The highest BCUT2D eigenvalue weighted by Gasteiger charge is 2.28. The van der Waals surface area contributed by atoms with Crippen molar-refractivity contribution in [2.24, 2.45) is 5.92 Å². The SMILES string of the molecule is COC(=O)C(CC(C)C)NS(=O)(=O)c1cccnc1Cl. The summed E-state index contributed by atoms with van der Waals surface area (Å²) >= 11 is 5.76. The second-order valence-electron chi connectivity index (χ2n) is 4.62. The number of carbonyl (C=O) groups excluding carboxylic acids is 1. The van der Waals surface area contributed by atoms with Crippen molar-refractivity contribution in [3.8, 4) is 0 Å². The molecule has 0 aliphatic heterocycles. The topological polar surface area (TPSA) is 85.4 Å². The van der Waals surface area contributed by atoms with Gasteiger partial charge in [-0.25, -0.2) is 13.4 Å². The summed E-state index contributed by atoms with van der Waals surface area (Å²) in [5.41, 5.74) is 0. The van der Waals surface area contributed by atoms with Crippen LogP contribution in [0.1, 0.15) is 20.3 Å². The Labute approximate surface area is 123 Å². The quantitative estimate of drug-likeness (QED) is 0.635. The van der Waals surface area contributed by atoms with Crippen molar-refractivity contribution in [3.63, 3.8) is 0 Å². The summed E-state index contributed by atoms with van der Waals surface area (Å²) in [7, 11) is -2.73. The van der Waals surface area contributed by atoms with Crippen molar-refractivity contribution in [3.05, 3.63) is 23.5 Å². The van der Waals surface area contributed by atoms with Gasteiger partial charge in [0.05, 0.1) is 7.11 Å². The van der Waals surface area contributed by atoms with Gasteiger partial charge in [-0.05, 0) is 24.5 Å². The zero-order valence-corrected chi connectivity index (χ0v) is 13.0. The summed E-state index contributed by atoms with van der Waals surface area (Å²) in [6, 6.07) is 1.82. The van der Waals surface area contributed by atoms with Crippen LogP contribution in [0, 0.1) is 5.92 Å². The van der Waals surface area contributed by atoms with E-state index < -0.39 is 22.0 Å². The van der Waals surface area contributed by atoms with Crippen LogP contribution in [0.25, 0.3) is 0 Å². The number of aromatic nitrogens is 1. The van der Waals surface area contributed by atoms with Crippen molar-refractivity contribution in [2.75, 3.05) is 7.11 Å². The zero-order chi connectivity index (χ0) is 15.3. The molecule has 0 bridgehead atoms. The zero-order valence-electron chi connectivity index (χ0n) is 11.5. The van der Waals surface area contributed by atoms with Gasteiger partial charge in [-0.3, -0.25) is 4.79 Å². The van der Waals surface area contributed by atoms with Crippen molar-refractivity contribution in [1.82, 2.24) is 9.71 Å². The Morgan fingerprint density at radius 2 is 2.15 bits per heavy atom. The fraction of sp³-hybridized carbons (Fsp3) is 0.500. The van der Waals surface area contributed by atoms with Crippen molar-refractivity contribution in [2.45, 2.75) is 31.2 Å². The molecule has 0 spiro atoms. The molecular formula is C12H17ClN2O4S. The highest BCUT2D eigenvalue weighted by atomic mass is 35.5. The van der Waals surface area contributed by atoms with Gasteiger partial charge in [0, 0.05) is 6.20 Å². The predicted molar refractivity (Wildman–Crippen MR) is 74.8 cm³/mol. The van der Waals surface area contributed by atoms with Crippen LogP contribution in [0.15, 0.2) is 23.2 Å². The molecule has 1 rings (SSSR count). The van der Waals surface area contributed by atoms with E-state index in [-0.39, 0.29) is 16.0 Å². The lowest BCUT2D eigenvalue weighted by atomic mass is 10.1. The van der Waals surface area contributed by atoms with E-state index in [0.29, 0.717) is 6.42 Å². The number of rotatable bonds is 6. The van der Waals surface area contributed by atoms with E-state index in [4.69, 9.17) is 11.6 Å². The normalized spacial score (nSPS) is 13.2. The molecule has 0 aliphatic carbocycles. The number of hydrogen-bond acceptors (Lipinski definition) is 5. The van der Waals surface area contributed by atoms with Gasteiger partial charge < -0.3 is 4.74 Å². The van der Waals surface area contributed by atoms with E-state index in [1.807, 2.05) is 13.8 Å². The fourth-order valence-corrected chi connectivity index (χ4v) is 3.28. The van der Waals surface area contributed by atoms with Crippen LogP contribution in [-0.4, -0.2) is 32.5 Å². The average Bonchev–Trinajstić information content (AvgIpc) is 2.36. The summed E-state index contributed by atoms with van der Waals surface area (Å²) in [4.78, 5) is 15.2. The minimum absolute atomic E-state index is 0.117. The number of methoxy groups -OCH3 is 1. The molecule has 0 fully saturated rings. The third kappa shape index (κ3) is 4.43. The predicted octanol–water partition coefficient (Wildman–Crippen LogP) is 1.60. The minimum Gasteiger partial charge on any atom is -0.468 e. The molecule has 0 aliphatic rings. The molecular weight excluding hydrogens is 304 g/mol. The lowest BCUT2D eigenvalue weighted by Crippen LogP contribution is -2.42. The summed E-state index contributed by atoms with van der Waals surface area (Å²) in [6.45, 7) is 3.75. The highest BCUT2D eigenvalue weighted by molar-refractivity contribution is 7.89. The van der Waals surface area contributed by atoms with Crippen molar-refractivity contribution < 1.29 is 17.9 Å². The van der Waals surface area contributed by atoms with Crippen LogP contribution in [0.3, 0.4) is 0 Å². The lowest BCUT2D eigenvalue weighted by Gasteiger charge is -2.18. The van der Waals surface area contributed by atoms with E-state index in [9.17, 15) is 13.2 Å². The van der Waals surface area contributed by atoms with Crippen molar-refractivity contribution in [1.29, 1.82) is 0 Å². The molecule has 1 aromatic rings. The first kappa shape index (κ1) is 16.9. The Morgan fingerprint density at radius 1 is 1.50 bits per heavy atom. The summed E-state index contributed by atoms with van der Waals surface area (Å²) < 4.78 is 31.4. The van der Waals surface area contributed by atoms with E-state index in [1.54, 1.807) is 0 Å². The van der Waals surface area contributed by atoms with Gasteiger partial charge >= 0.3 is 5.97 Å². The molecule has 112 valence electrons. The minimum atomic E-state index is -3.94. The average molecular weight is 321 g/mol. The largest absolute Gasteiger partial charge is 0.468 e. The van der Waals surface area contributed by atoms with E-state index in [1.165, 1.54) is 25.4 Å². The molecule has 1 heterocycles. The second kappa shape index (κ2) is 7.01. The number of carbonyl (C=O) groups is 1. The number of hydrogen-bond donors (Lipinski definition) is 1. The molecule has 6 nitrogen and oxygen atoms in total. The fourth-order valence-electron chi connectivity index (χ4n) is 1.63. The second-order valence-corrected chi connectivity index (χ2v) is 6.66. The molecule has 1 aromatic heterocycles. The van der Waals surface area contributed by atoms with Crippen LogP contribution in [0.2, 0.25) is 5.15 Å². The van der Waals surface area contributed by atoms with Gasteiger partial charge in [0.25, 0.3) is 0 Å². The summed E-state index contributed by atoms with van der Waals surface area (Å²) in [6.07, 6.45) is 1.71. The molecule has 0 saturated carbocycles. The smallest absolute Gasteiger partial charge is 0.323 e. The molecule has 0 radical (unpaired) electrons. The molecule has 20 heavy (non-hydrogen) atoms. The van der Waals surface area contributed by atoms with Gasteiger partial charge in [-0.15, -0.1) is 0 Å². The Morgan fingerprint density at radius 3 is 2.65 bits per heavy atom. The highest BCUT2D eigenvalue weighted by Crippen LogP contribution is 2.19. The standard InChI is InChI=1S/C12H17ClN2O4S/c1-8(2)7-9(12(16)19-3)15-20(17,18)10-5-4-6-14-11(10)13/h4-6,8-9,15H,7H2,1-3H3. The van der Waals surface area contributed by atoms with Gasteiger partial charge in [-0.2, -0.15) is 4.72 Å². The van der Waals surface area contributed by atoms with Crippen LogP contribution in [0.5, 0.6) is 0 Å². The van der Waals surface area contributed by atoms with E-state index in [2.05, 4.69) is 14.4 Å². The third-order valence-corrected chi connectivity index (χ3v) is 4.42. The number of halogens is 1. The van der Waals surface area contributed by atoms with E-state index >= 15 is 0 Å². The maximum Gasteiger partial charge on any atom is 0.323 e. The first-order valence-corrected chi connectivity index (χ1v) is 7.84. The molecule has 0 saturated heterocycles. The van der Waals surface area contributed by atoms with Crippen LogP contribution >= 0.6 is 11.6 Å². The van der Waals surface area contributed by atoms with Gasteiger partial charge in [-0.1, -0.05) is 25.4 Å². The molecule has 1 unspecified atom stereocenters. The van der Waals surface area contributed by atoms with Gasteiger partial charge in [0.2, 0.25) is 10.0 Å². The van der Waals surface area contributed by atoms with Crippen LogP contribution < -0.4 is 4.72 Å². The summed E-state index contributed by atoms with van der Waals surface area (Å²) in [5.74, 6) is -0.520. The molecule has 0 amide bonds. The molecule has 1 N–H and O–H groups in total. The maximum absolute atomic E-state index is 12.2. The first-order chi connectivity index (χ1) is 9.27. The number of sulfonamides is 1. The maximum atomic E-state index is 12.2. The van der Waals surface area contributed by atoms with Crippen molar-refractivity contribution >= 4 is 27.6 Å². The Hall–Kier alpha value is -1.18. The molecule has 0 aromatic carbocycles. The van der Waals surface area contributed by atoms with Crippen LogP contribution in [-0.2, 0) is 19.6 Å². The van der Waals surface area contributed by atoms with Gasteiger partial charge in [0.15, 0.2) is 0 Å². The Bertz CT molecular complexity index is 575. The number of ether oxygens (including phenoxy) is 1.